The summed E-state index contributed by atoms with van der Waals surface area (Å²) >= 11 is 0. The second-order valence-electron chi connectivity index (χ2n) is 8.42. The maximum atomic E-state index is 12.0. The predicted octanol–water partition coefficient (Wildman–Crippen LogP) is 3.36. The van der Waals surface area contributed by atoms with E-state index in [4.69, 9.17) is 0 Å². The Morgan fingerprint density at radius 3 is 2.40 bits per heavy atom. The Hall–Kier alpha value is -2.82. The summed E-state index contributed by atoms with van der Waals surface area (Å²) in [5.74, 6) is -1.02. The van der Waals surface area contributed by atoms with Gasteiger partial charge in [-0.05, 0) is 54.5 Å². The minimum atomic E-state index is -0.524. The minimum Gasteiger partial charge on any atom is -0.367 e. The van der Waals surface area contributed by atoms with E-state index in [1.165, 1.54) is 23.2 Å². The number of benzene rings is 2. The van der Waals surface area contributed by atoms with Crippen LogP contribution in [-0.4, -0.2) is 30.9 Å². The molecule has 1 heterocycles. The summed E-state index contributed by atoms with van der Waals surface area (Å²) in [5, 5.41) is 5.61. The summed E-state index contributed by atoms with van der Waals surface area (Å²) in [6.45, 7) is 2.44. The van der Waals surface area contributed by atoms with E-state index in [0.29, 0.717) is 13.0 Å². The van der Waals surface area contributed by atoms with E-state index < -0.39 is 11.8 Å². The van der Waals surface area contributed by atoms with Crippen molar-refractivity contribution in [1.29, 1.82) is 0 Å². The molecule has 1 fully saturated rings. The van der Waals surface area contributed by atoms with Crippen LogP contribution in [0, 0.1) is 0 Å². The van der Waals surface area contributed by atoms with Crippen LogP contribution in [0.2, 0.25) is 0 Å². The zero-order valence-corrected chi connectivity index (χ0v) is 17.5. The van der Waals surface area contributed by atoms with Crippen molar-refractivity contribution in [1.82, 2.24) is 10.6 Å². The number of nitrogens with zero attached hydrogens (tertiary/aromatic N) is 1. The van der Waals surface area contributed by atoms with Gasteiger partial charge in [-0.3, -0.25) is 9.59 Å². The molecule has 2 N–H and O–H groups in total. The second-order valence-corrected chi connectivity index (χ2v) is 8.42. The standard InChI is InChI=1S/C25H31N3O2/c29-24(25(30)27-22-8-2-1-3-9-22)26-16-14-19-10-12-23(13-11-19)28-17-15-20-6-4-5-7-21(20)18-28/h4-7,10-13,22H,1-3,8-9,14-18H2,(H,26,29)(H,27,30). The normalized spacial score (nSPS) is 16.6. The van der Waals surface area contributed by atoms with E-state index >= 15 is 0 Å². The SMILES string of the molecule is O=C(NCCc1ccc(N2CCc3ccccc3C2)cc1)C(=O)NC1CCCCC1. The van der Waals surface area contributed by atoms with Crippen molar-refractivity contribution in [3.63, 3.8) is 0 Å². The Bertz CT molecular complexity index is 872. The first-order valence-corrected chi connectivity index (χ1v) is 11.2. The Balaban J connectivity index is 1.22. The molecule has 0 aromatic heterocycles. The van der Waals surface area contributed by atoms with Gasteiger partial charge in [-0.1, -0.05) is 55.7 Å². The van der Waals surface area contributed by atoms with Crippen molar-refractivity contribution in [2.24, 2.45) is 0 Å². The van der Waals surface area contributed by atoms with Crippen LogP contribution in [0.25, 0.3) is 0 Å². The third kappa shape index (κ3) is 5.21. The monoisotopic (exact) mass is 405 g/mol. The van der Waals surface area contributed by atoms with Crippen molar-refractivity contribution < 1.29 is 9.59 Å². The lowest BCUT2D eigenvalue weighted by Crippen LogP contribution is -2.45. The highest BCUT2D eigenvalue weighted by Crippen LogP contribution is 2.24. The van der Waals surface area contributed by atoms with E-state index in [1.54, 1.807) is 0 Å². The molecule has 2 aliphatic rings. The molecule has 1 aliphatic carbocycles. The zero-order valence-electron chi connectivity index (χ0n) is 17.5. The van der Waals surface area contributed by atoms with E-state index in [9.17, 15) is 9.59 Å². The van der Waals surface area contributed by atoms with Crippen LogP contribution >= 0.6 is 0 Å². The average Bonchev–Trinajstić information content (AvgIpc) is 2.80. The maximum Gasteiger partial charge on any atom is 0.309 e. The van der Waals surface area contributed by atoms with Gasteiger partial charge in [0, 0.05) is 31.4 Å². The number of hydrogen-bond acceptors (Lipinski definition) is 3. The van der Waals surface area contributed by atoms with Crippen molar-refractivity contribution in [3.8, 4) is 0 Å². The van der Waals surface area contributed by atoms with E-state index in [-0.39, 0.29) is 6.04 Å². The quantitative estimate of drug-likeness (QED) is 0.750. The predicted molar refractivity (Wildman–Crippen MR) is 119 cm³/mol. The molecule has 1 saturated carbocycles. The molecule has 2 aromatic carbocycles. The van der Waals surface area contributed by atoms with Gasteiger partial charge in [0.15, 0.2) is 0 Å². The van der Waals surface area contributed by atoms with Crippen LogP contribution in [0.3, 0.4) is 0 Å². The van der Waals surface area contributed by atoms with Gasteiger partial charge in [0.2, 0.25) is 0 Å². The number of carbonyl (C=O) groups is 2. The van der Waals surface area contributed by atoms with E-state index in [0.717, 1.165) is 50.8 Å². The van der Waals surface area contributed by atoms with Gasteiger partial charge in [0.05, 0.1) is 0 Å². The fraction of sp³-hybridized carbons (Fsp3) is 0.440. The van der Waals surface area contributed by atoms with Crippen LogP contribution in [0.15, 0.2) is 48.5 Å². The largest absolute Gasteiger partial charge is 0.367 e. The van der Waals surface area contributed by atoms with Gasteiger partial charge in [-0.25, -0.2) is 0 Å². The number of carbonyl (C=O) groups excluding carboxylic acids is 2. The molecule has 0 unspecified atom stereocenters. The van der Waals surface area contributed by atoms with E-state index in [1.807, 2.05) is 0 Å². The summed E-state index contributed by atoms with van der Waals surface area (Å²) in [5.41, 5.74) is 5.24. The minimum absolute atomic E-state index is 0.159. The molecule has 1 aliphatic heterocycles. The second kappa shape index (κ2) is 9.79. The van der Waals surface area contributed by atoms with Gasteiger partial charge in [-0.15, -0.1) is 0 Å². The Morgan fingerprint density at radius 1 is 0.900 bits per heavy atom. The van der Waals surface area contributed by atoms with Gasteiger partial charge >= 0.3 is 11.8 Å². The molecule has 0 radical (unpaired) electrons. The molecule has 5 heteroatoms. The highest BCUT2D eigenvalue weighted by Gasteiger charge is 2.20. The lowest BCUT2D eigenvalue weighted by molar-refractivity contribution is -0.139. The smallest absolute Gasteiger partial charge is 0.309 e. The molecule has 2 aromatic rings. The van der Waals surface area contributed by atoms with Gasteiger partial charge in [0.25, 0.3) is 0 Å². The molecule has 0 spiro atoms. The van der Waals surface area contributed by atoms with Crippen molar-refractivity contribution in [2.45, 2.75) is 57.5 Å². The summed E-state index contributed by atoms with van der Waals surface area (Å²) in [7, 11) is 0. The third-order valence-corrected chi connectivity index (χ3v) is 6.28. The van der Waals surface area contributed by atoms with Gasteiger partial charge in [-0.2, -0.15) is 0 Å². The molecule has 4 rings (SSSR count). The number of rotatable bonds is 5. The molecule has 0 atom stereocenters. The first-order valence-electron chi connectivity index (χ1n) is 11.2. The van der Waals surface area contributed by atoms with Crippen LogP contribution in [-0.2, 0) is 29.0 Å². The van der Waals surface area contributed by atoms with Crippen molar-refractivity contribution in [3.05, 3.63) is 65.2 Å². The number of fused-ring (bicyclic) bond motifs is 1. The zero-order chi connectivity index (χ0) is 20.8. The molecule has 0 bridgehead atoms. The summed E-state index contributed by atoms with van der Waals surface area (Å²) in [6, 6.07) is 17.3. The van der Waals surface area contributed by atoms with Crippen LogP contribution in [0.1, 0.15) is 48.8 Å². The highest BCUT2D eigenvalue weighted by atomic mass is 16.2. The van der Waals surface area contributed by atoms with Crippen LogP contribution in [0.4, 0.5) is 5.69 Å². The fourth-order valence-corrected chi connectivity index (χ4v) is 4.49. The van der Waals surface area contributed by atoms with E-state index in [2.05, 4.69) is 64.1 Å². The first kappa shape index (κ1) is 20.5. The summed E-state index contributed by atoms with van der Waals surface area (Å²) in [6.07, 6.45) is 7.24. The molecular formula is C25H31N3O2. The van der Waals surface area contributed by atoms with Crippen LogP contribution < -0.4 is 15.5 Å². The Kier molecular flexibility index (Phi) is 6.67. The van der Waals surface area contributed by atoms with Gasteiger partial charge in [0.1, 0.15) is 0 Å². The van der Waals surface area contributed by atoms with Crippen molar-refractivity contribution in [2.75, 3.05) is 18.0 Å². The fourth-order valence-electron chi connectivity index (χ4n) is 4.49. The lowest BCUT2D eigenvalue weighted by atomic mass is 9.95. The molecule has 158 valence electrons. The lowest BCUT2D eigenvalue weighted by Gasteiger charge is -2.30. The number of hydrogen-bond donors (Lipinski definition) is 2. The average molecular weight is 406 g/mol. The maximum absolute atomic E-state index is 12.0. The molecular weight excluding hydrogens is 374 g/mol. The molecule has 30 heavy (non-hydrogen) atoms. The van der Waals surface area contributed by atoms with Gasteiger partial charge < -0.3 is 15.5 Å². The summed E-state index contributed by atoms with van der Waals surface area (Å²) < 4.78 is 0. The molecule has 2 amide bonds. The molecule has 0 saturated heterocycles. The summed E-state index contributed by atoms with van der Waals surface area (Å²) in [4.78, 5) is 26.5. The Labute approximate surface area is 178 Å². The number of nitrogens with one attached hydrogen (secondary N) is 2. The number of amides is 2. The van der Waals surface area contributed by atoms with Crippen LogP contribution in [0.5, 0.6) is 0 Å². The Morgan fingerprint density at radius 2 is 1.63 bits per heavy atom. The van der Waals surface area contributed by atoms with Crippen molar-refractivity contribution >= 4 is 17.5 Å². The first-order chi connectivity index (χ1) is 14.7. The highest BCUT2D eigenvalue weighted by molar-refractivity contribution is 6.35. The third-order valence-electron chi connectivity index (χ3n) is 6.28. The number of anilines is 1. The molecule has 5 nitrogen and oxygen atoms in total. The topological polar surface area (TPSA) is 61.4 Å².